The summed E-state index contributed by atoms with van der Waals surface area (Å²) in [6.07, 6.45) is 2.55. The molecule has 8 heteroatoms. The average molecular weight is 393 g/mol. The third kappa shape index (κ3) is 3.24. The number of carbonyl (C=O) groups excluding carboxylic acids is 1. The Morgan fingerprint density at radius 1 is 1.10 bits per heavy atom. The van der Waals surface area contributed by atoms with Crippen molar-refractivity contribution in [1.29, 1.82) is 0 Å². The molecule has 2 atom stereocenters. The lowest BCUT2D eigenvalue weighted by molar-refractivity contribution is 0.0588. The van der Waals surface area contributed by atoms with E-state index < -0.39 is 0 Å². The number of amides is 1. The number of pyridine rings is 1. The molecule has 7 nitrogen and oxygen atoms in total. The molecule has 3 aromatic rings. The predicted octanol–water partition coefficient (Wildman–Crippen LogP) is 1.89. The Morgan fingerprint density at radius 2 is 1.97 bits per heavy atom. The highest BCUT2D eigenvalue weighted by Crippen LogP contribution is 2.35. The molecule has 1 saturated heterocycles. The van der Waals surface area contributed by atoms with Crippen LogP contribution in [0.2, 0.25) is 0 Å². The molecule has 0 spiro atoms. The minimum absolute atomic E-state index is 0.0214. The van der Waals surface area contributed by atoms with E-state index in [9.17, 15) is 14.0 Å². The largest absolute Gasteiger partial charge is 0.336 e. The highest BCUT2D eigenvalue weighted by atomic mass is 19.1. The summed E-state index contributed by atoms with van der Waals surface area (Å²) in [6, 6.07) is 11.8. The summed E-state index contributed by atoms with van der Waals surface area (Å²) in [6.45, 7) is 2.00. The summed E-state index contributed by atoms with van der Waals surface area (Å²) in [7, 11) is 0. The van der Waals surface area contributed by atoms with E-state index in [1.807, 2.05) is 10.6 Å². The first kappa shape index (κ1) is 17.8. The second-order valence-corrected chi connectivity index (χ2v) is 7.80. The SMILES string of the molecule is O=C(c1cn(Cc2ccccc2F)nn1)N1C[C@H]2C[C@@H](C1)c1cccc(=O)n1C2. The van der Waals surface area contributed by atoms with Gasteiger partial charge in [0.05, 0.1) is 12.7 Å². The van der Waals surface area contributed by atoms with Crippen molar-refractivity contribution in [3.8, 4) is 0 Å². The van der Waals surface area contributed by atoms with Gasteiger partial charge in [0.1, 0.15) is 5.82 Å². The summed E-state index contributed by atoms with van der Waals surface area (Å²) in [5.41, 5.74) is 1.76. The van der Waals surface area contributed by atoms with Gasteiger partial charge >= 0.3 is 0 Å². The topological polar surface area (TPSA) is 73.0 Å². The molecule has 2 aliphatic rings. The molecule has 0 N–H and O–H groups in total. The fourth-order valence-corrected chi connectivity index (χ4v) is 4.50. The van der Waals surface area contributed by atoms with Gasteiger partial charge in [0.15, 0.2) is 5.69 Å². The molecule has 0 aliphatic carbocycles. The Kier molecular flexibility index (Phi) is 4.26. The van der Waals surface area contributed by atoms with Gasteiger partial charge in [0.25, 0.3) is 11.5 Å². The second-order valence-electron chi connectivity index (χ2n) is 7.80. The molecular formula is C21H20FN5O2. The van der Waals surface area contributed by atoms with Crippen LogP contribution in [-0.4, -0.2) is 43.5 Å². The van der Waals surface area contributed by atoms with E-state index in [2.05, 4.69) is 10.3 Å². The zero-order chi connectivity index (χ0) is 20.0. The minimum atomic E-state index is -0.311. The Labute approximate surface area is 166 Å². The molecule has 0 radical (unpaired) electrons. The van der Waals surface area contributed by atoms with E-state index in [0.717, 1.165) is 12.1 Å². The number of halogens is 1. The molecule has 2 aromatic heterocycles. The number of rotatable bonds is 3. The molecule has 1 aromatic carbocycles. The molecule has 4 heterocycles. The van der Waals surface area contributed by atoms with Crippen LogP contribution >= 0.6 is 0 Å². The fraction of sp³-hybridized carbons (Fsp3) is 0.333. The van der Waals surface area contributed by atoms with Crippen LogP contribution < -0.4 is 5.56 Å². The van der Waals surface area contributed by atoms with Crippen molar-refractivity contribution in [2.45, 2.75) is 25.4 Å². The Balaban J connectivity index is 1.34. The number of benzene rings is 1. The van der Waals surface area contributed by atoms with E-state index in [-0.39, 0.29) is 41.4 Å². The van der Waals surface area contributed by atoms with Gasteiger partial charge in [0.2, 0.25) is 0 Å². The number of nitrogens with zero attached hydrogens (tertiary/aromatic N) is 5. The fourth-order valence-electron chi connectivity index (χ4n) is 4.50. The molecule has 5 rings (SSSR count). The number of hydrogen-bond donors (Lipinski definition) is 0. The van der Waals surface area contributed by atoms with Crippen LogP contribution in [0.25, 0.3) is 0 Å². The summed E-state index contributed by atoms with van der Waals surface area (Å²) >= 11 is 0. The summed E-state index contributed by atoms with van der Waals surface area (Å²) in [4.78, 5) is 27.0. The van der Waals surface area contributed by atoms with Crippen LogP contribution in [0.5, 0.6) is 0 Å². The van der Waals surface area contributed by atoms with E-state index >= 15 is 0 Å². The van der Waals surface area contributed by atoms with Gasteiger partial charge in [-0.3, -0.25) is 9.59 Å². The maximum atomic E-state index is 13.9. The first-order valence-corrected chi connectivity index (χ1v) is 9.71. The number of likely N-dealkylation sites (tertiary alicyclic amines) is 1. The highest BCUT2D eigenvalue weighted by molar-refractivity contribution is 5.92. The third-order valence-corrected chi connectivity index (χ3v) is 5.81. The average Bonchev–Trinajstić information content (AvgIpc) is 3.18. The Hall–Kier alpha value is -3.29. The van der Waals surface area contributed by atoms with Gasteiger partial charge in [-0.2, -0.15) is 0 Å². The standard InChI is InChI=1S/C21H20FN5O2/c22-17-5-2-1-4-15(17)12-26-13-18(23-24-26)21(29)25-9-14-8-16(11-25)19-6-3-7-20(28)27(19)10-14/h1-7,13-14,16H,8-12H2/t14-,16+/m1/s1. The predicted molar refractivity (Wildman–Crippen MR) is 103 cm³/mol. The van der Waals surface area contributed by atoms with Crippen molar-refractivity contribution in [2.24, 2.45) is 5.92 Å². The normalized spacial score (nSPS) is 20.4. The van der Waals surface area contributed by atoms with E-state index in [0.29, 0.717) is 25.2 Å². The smallest absolute Gasteiger partial charge is 0.276 e. The molecule has 2 aliphatic heterocycles. The van der Waals surface area contributed by atoms with E-state index in [4.69, 9.17) is 0 Å². The molecule has 1 amide bonds. The number of carbonyl (C=O) groups is 1. The minimum Gasteiger partial charge on any atom is -0.336 e. The highest BCUT2D eigenvalue weighted by Gasteiger charge is 2.37. The van der Waals surface area contributed by atoms with Crippen molar-refractivity contribution in [3.05, 3.63) is 81.8 Å². The quantitative estimate of drug-likeness (QED) is 0.681. The van der Waals surface area contributed by atoms with Crippen molar-refractivity contribution >= 4 is 5.91 Å². The zero-order valence-electron chi connectivity index (χ0n) is 15.7. The molecule has 0 saturated carbocycles. The maximum Gasteiger partial charge on any atom is 0.276 e. The molecular weight excluding hydrogens is 373 g/mol. The number of aromatic nitrogens is 4. The van der Waals surface area contributed by atoms with E-state index in [1.165, 1.54) is 10.7 Å². The lowest BCUT2D eigenvalue weighted by atomic mass is 9.83. The van der Waals surface area contributed by atoms with Gasteiger partial charge in [-0.05, 0) is 24.5 Å². The van der Waals surface area contributed by atoms with Crippen LogP contribution in [0, 0.1) is 11.7 Å². The van der Waals surface area contributed by atoms with Crippen molar-refractivity contribution in [3.63, 3.8) is 0 Å². The lowest BCUT2D eigenvalue weighted by Gasteiger charge is -2.42. The van der Waals surface area contributed by atoms with Crippen LogP contribution in [-0.2, 0) is 13.1 Å². The van der Waals surface area contributed by atoms with Gasteiger partial charge in [-0.15, -0.1) is 5.10 Å². The van der Waals surface area contributed by atoms with E-state index in [1.54, 1.807) is 41.4 Å². The van der Waals surface area contributed by atoms with Gasteiger partial charge in [0, 0.05) is 42.9 Å². The molecule has 0 unspecified atom stereocenters. The van der Waals surface area contributed by atoms with Crippen LogP contribution in [0.3, 0.4) is 0 Å². The molecule has 2 bridgehead atoms. The van der Waals surface area contributed by atoms with Gasteiger partial charge in [-0.1, -0.05) is 29.5 Å². The van der Waals surface area contributed by atoms with Gasteiger partial charge < -0.3 is 9.47 Å². The van der Waals surface area contributed by atoms with Gasteiger partial charge in [-0.25, -0.2) is 9.07 Å². The Morgan fingerprint density at radius 3 is 2.83 bits per heavy atom. The summed E-state index contributed by atoms with van der Waals surface area (Å²) in [5, 5.41) is 8.01. The van der Waals surface area contributed by atoms with Crippen molar-refractivity contribution in [2.75, 3.05) is 13.1 Å². The number of piperidine rings is 1. The monoisotopic (exact) mass is 393 g/mol. The molecule has 29 heavy (non-hydrogen) atoms. The Bertz CT molecular complexity index is 1140. The molecule has 148 valence electrons. The number of fused-ring (bicyclic) bond motifs is 4. The summed E-state index contributed by atoms with van der Waals surface area (Å²) in [5.74, 6) is -0.0904. The van der Waals surface area contributed by atoms with Crippen LogP contribution in [0.4, 0.5) is 4.39 Å². The number of hydrogen-bond acceptors (Lipinski definition) is 4. The first-order chi connectivity index (χ1) is 14.1. The zero-order valence-corrected chi connectivity index (χ0v) is 15.7. The van der Waals surface area contributed by atoms with Crippen LogP contribution in [0.15, 0.2) is 53.5 Å². The van der Waals surface area contributed by atoms with Crippen LogP contribution in [0.1, 0.15) is 34.1 Å². The third-order valence-electron chi connectivity index (χ3n) is 5.81. The first-order valence-electron chi connectivity index (χ1n) is 9.71. The van der Waals surface area contributed by atoms with Crippen molar-refractivity contribution in [1.82, 2.24) is 24.5 Å². The molecule has 1 fully saturated rings. The summed E-state index contributed by atoms with van der Waals surface area (Å²) < 4.78 is 17.2. The maximum absolute atomic E-state index is 13.9. The second kappa shape index (κ2) is 6.95. The lowest BCUT2D eigenvalue weighted by Crippen LogP contribution is -2.49. The van der Waals surface area contributed by atoms with Crippen molar-refractivity contribution < 1.29 is 9.18 Å².